The molecule has 82 valence electrons. The maximum absolute atomic E-state index is 11.3. The molecule has 4 nitrogen and oxygen atoms in total. The van der Waals surface area contributed by atoms with Crippen LogP contribution in [-0.4, -0.2) is 31.1 Å². The molecule has 0 rings (SSSR count). The lowest BCUT2D eigenvalue weighted by Crippen LogP contribution is -2.21. The summed E-state index contributed by atoms with van der Waals surface area (Å²) in [4.78, 5) is 22.2. The van der Waals surface area contributed by atoms with E-state index >= 15 is 0 Å². The van der Waals surface area contributed by atoms with Crippen molar-refractivity contribution in [2.75, 3.05) is 13.2 Å². The first-order valence-electron chi connectivity index (χ1n) is 4.91. The summed E-state index contributed by atoms with van der Waals surface area (Å²) in [6.07, 6.45) is -0.0844. The van der Waals surface area contributed by atoms with Crippen LogP contribution in [-0.2, 0) is 19.1 Å². The van der Waals surface area contributed by atoms with Crippen molar-refractivity contribution >= 4 is 11.8 Å². The van der Waals surface area contributed by atoms with Gasteiger partial charge in [-0.25, -0.2) is 0 Å². The summed E-state index contributed by atoms with van der Waals surface area (Å²) in [6, 6.07) is 0. The predicted molar refractivity (Wildman–Crippen MR) is 52.0 cm³/mol. The molecule has 0 spiro atoms. The van der Waals surface area contributed by atoms with Crippen LogP contribution in [0.3, 0.4) is 0 Å². The van der Waals surface area contributed by atoms with Gasteiger partial charge >= 0.3 is 5.97 Å². The molecule has 0 aliphatic heterocycles. The van der Waals surface area contributed by atoms with Gasteiger partial charge in [0, 0.05) is 13.0 Å². The molecule has 0 bridgehead atoms. The fourth-order valence-corrected chi connectivity index (χ4v) is 1.00. The molecule has 0 fully saturated rings. The molecule has 0 aromatic heterocycles. The van der Waals surface area contributed by atoms with Crippen molar-refractivity contribution in [3.05, 3.63) is 0 Å². The van der Waals surface area contributed by atoms with Gasteiger partial charge in [0.05, 0.1) is 13.0 Å². The number of ketones is 1. The Labute approximate surface area is 84.6 Å². The summed E-state index contributed by atoms with van der Waals surface area (Å²) < 4.78 is 9.79. The third-order valence-electron chi connectivity index (χ3n) is 1.75. The smallest absolute Gasteiger partial charge is 0.306 e. The lowest BCUT2D eigenvalue weighted by Gasteiger charge is -2.09. The summed E-state index contributed by atoms with van der Waals surface area (Å²) in [5.74, 6) is -0.385. The number of esters is 1. The number of rotatable bonds is 7. The second-order valence-electron chi connectivity index (χ2n) is 2.87. The minimum Gasteiger partial charge on any atom is -0.466 e. The Kier molecular flexibility index (Phi) is 7.02. The predicted octanol–water partition coefficient (Wildman–Crippen LogP) is 1.32. The van der Waals surface area contributed by atoms with E-state index in [1.54, 1.807) is 13.8 Å². The van der Waals surface area contributed by atoms with Crippen LogP contribution in [0, 0.1) is 0 Å². The van der Waals surface area contributed by atoms with Crippen molar-refractivity contribution in [3.63, 3.8) is 0 Å². The van der Waals surface area contributed by atoms with E-state index in [0.717, 1.165) is 0 Å². The zero-order valence-electron chi connectivity index (χ0n) is 9.04. The average molecular weight is 202 g/mol. The molecule has 14 heavy (non-hydrogen) atoms. The van der Waals surface area contributed by atoms with Crippen LogP contribution in [0.15, 0.2) is 0 Å². The first kappa shape index (κ1) is 13.1. The highest BCUT2D eigenvalue weighted by Gasteiger charge is 2.14. The number of ether oxygens (including phenoxy) is 2. The Hall–Kier alpha value is -0.900. The summed E-state index contributed by atoms with van der Waals surface area (Å²) >= 11 is 0. The first-order chi connectivity index (χ1) is 6.61. The Morgan fingerprint density at radius 3 is 2.29 bits per heavy atom. The standard InChI is InChI=1S/C10H18O4/c1-4-13-8(3)9(11)6-7-10(12)14-5-2/h8H,4-7H2,1-3H3. The van der Waals surface area contributed by atoms with Crippen molar-refractivity contribution in [2.24, 2.45) is 0 Å². The van der Waals surface area contributed by atoms with Crippen molar-refractivity contribution in [3.8, 4) is 0 Å². The minimum absolute atomic E-state index is 0.0556. The van der Waals surface area contributed by atoms with E-state index in [0.29, 0.717) is 13.2 Å². The van der Waals surface area contributed by atoms with Gasteiger partial charge in [-0.1, -0.05) is 0 Å². The van der Waals surface area contributed by atoms with E-state index in [9.17, 15) is 9.59 Å². The van der Waals surface area contributed by atoms with E-state index in [4.69, 9.17) is 9.47 Å². The van der Waals surface area contributed by atoms with Crippen molar-refractivity contribution < 1.29 is 19.1 Å². The van der Waals surface area contributed by atoms with Gasteiger partial charge in [0.1, 0.15) is 6.10 Å². The lowest BCUT2D eigenvalue weighted by molar-refractivity contribution is -0.145. The molecular weight excluding hydrogens is 184 g/mol. The minimum atomic E-state index is -0.422. The normalized spacial score (nSPS) is 12.2. The number of Topliss-reactive ketones (excluding diaryl/α,β-unsaturated/α-hetero) is 1. The van der Waals surface area contributed by atoms with Gasteiger partial charge in [0.2, 0.25) is 0 Å². The van der Waals surface area contributed by atoms with Gasteiger partial charge in [-0.3, -0.25) is 9.59 Å². The van der Waals surface area contributed by atoms with E-state index in [1.165, 1.54) is 0 Å². The molecule has 0 aliphatic carbocycles. The van der Waals surface area contributed by atoms with Gasteiger partial charge < -0.3 is 9.47 Å². The molecule has 0 aromatic carbocycles. The van der Waals surface area contributed by atoms with Gasteiger partial charge in [0.25, 0.3) is 0 Å². The fraction of sp³-hybridized carbons (Fsp3) is 0.800. The van der Waals surface area contributed by atoms with Crippen molar-refractivity contribution in [1.29, 1.82) is 0 Å². The van der Waals surface area contributed by atoms with Gasteiger partial charge in [-0.05, 0) is 20.8 Å². The molecule has 0 radical (unpaired) electrons. The van der Waals surface area contributed by atoms with E-state index in [2.05, 4.69) is 0 Å². The van der Waals surface area contributed by atoms with Gasteiger partial charge in [0.15, 0.2) is 5.78 Å². The molecule has 0 heterocycles. The molecule has 0 saturated heterocycles. The quantitative estimate of drug-likeness (QED) is 0.584. The van der Waals surface area contributed by atoms with Crippen molar-refractivity contribution in [2.45, 2.75) is 39.7 Å². The summed E-state index contributed by atoms with van der Waals surface area (Å²) in [7, 11) is 0. The second-order valence-corrected chi connectivity index (χ2v) is 2.87. The number of carbonyl (C=O) groups excluding carboxylic acids is 2. The van der Waals surface area contributed by atoms with E-state index in [-0.39, 0.29) is 24.6 Å². The Bertz CT molecular complexity index is 189. The molecule has 0 aromatic rings. The first-order valence-corrected chi connectivity index (χ1v) is 4.91. The van der Waals surface area contributed by atoms with Crippen LogP contribution in [0.25, 0.3) is 0 Å². The SMILES string of the molecule is CCOC(=O)CCC(=O)C(C)OCC. The molecule has 1 atom stereocenters. The van der Waals surface area contributed by atoms with Gasteiger partial charge in [-0.15, -0.1) is 0 Å². The maximum Gasteiger partial charge on any atom is 0.306 e. The second kappa shape index (κ2) is 7.50. The zero-order valence-corrected chi connectivity index (χ0v) is 9.04. The third-order valence-corrected chi connectivity index (χ3v) is 1.75. The molecule has 0 amide bonds. The average Bonchev–Trinajstić information content (AvgIpc) is 2.15. The van der Waals surface area contributed by atoms with E-state index < -0.39 is 6.10 Å². The topological polar surface area (TPSA) is 52.6 Å². The monoisotopic (exact) mass is 202 g/mol. The summed E-state index contributed by atoms with van der Waals surface area (Å²) in [5.41, 5.74) is 0. The van der Waals surface area contributed by atoms with Crippen LogP contribution < -0.4 is 0 Å². The van der Waals surface area contributed by atoms with Crippen LogP contribution in [0.2, 0.25) is 0 Å². The number of hydrogen-bond acceptors (Lipinski definition) is 4. The summed E-state index contributed by atoms with van der Waals surface area (Å²) in [6.45, 7) is 6.12. The highest BCUT2D eigenvalue weighted by atomic mass is 16.5. The largest absolute Gasteiger partial charge is 0.466 e. The Morgan fingerprint density at radius 1 is 1.14 bits per heavy atom. The van der Waals surface area contributed by atoms with Crippen LogP contribution >= 0.6 is 0 Å². The Balaban J connectivity index is 3.67. The Morgan fingerprint density at radius 2 is 1.79 bits per heavy atom. The van der Waals surface area contributed by atoms with E-state index in [1.807, 2.05) is 6.92 Å². The molecule has 0 saturated carbocycles. The number of hydrogen-bond donors (Lipinski definition) is 0. The molecule has 4 heteroatoms. The zero-order chi connectivity index (χ0) is 11.0. The highest BCUT2D eigenvalue weighted by Crippen LogP contribution is 2.01. The summed E-state index contributed by atoms with van der Waals surface area (Å²) in [5, 5.41) is 0. The molecule has 0 N–H and O–H groups in total. The fourth-order valence-electron chi connectivity index (χ4n) is 1.00. The molecular formula is C10H18O4. The van der Waals surface area contributed by atoms with Crippen LogP contribution in [0.1, 0.15) is 33.6 Å². The molecule has 0 aliphatic rings. The van der Waals surface area contributed by atoms with Crippen LogP contribution in [0.5, 0.6) is 0 Å². The third kappa shape index (κ3) is 5.70. The van der Waals surface area contributed by atoms with Crippen molar-refractivity contribution in [1.82, 2.24) is 0 Å². The highest BCUT2D eigenvalue weighted by molar-refractivity contribution is 5.86. The van der Waals surface area contributed by atoms with Crippen LogP contribution in [0.4, 0.5) is 0 Å². The van der Waals surface area contributed by atoms with Gasteiger partial charge in [-0.2, -0.15) is 0 Å². The molecule has 1 unspecified atom stereocenters. The number of carbonyl (C=O) groups is 2. The maximum atomic E-state index is 11.3. The lowest BCUT2D eigenvalue weighted by atomic mass is 10.1.